The highest BCUT2D eigenvalue weighted by molar-refractivity contribution is 9.28. The first-order valence-electron chi connectivity index (χ1n) is 8.19. The highest BCUT2D eigenvalue weighted by Gasteiger charge is 2.29. The van der Waals surface area contributed by atoms with Gasteiger partial charge < -0.3 is 9.15 Å². The summed E-state index contributed by atoms with van der Waals surface area (Å²) in [5, 5.41) is 0. The summed E-state index contributed by atoms with van der Waals surface area (Å²) in [6, 6.07) is 12.0. The number of rotatable bonds is 8. The van der Waals surface area contributed by atoms with Crippen LogP contribution in [0.2, 0.25) is 0 Å². The molecule has 0 spiro atoms. The van der Waals surface area contributed by atoms with Crippen LogP contribution in [0.1, 0.15) is 37.2 Å². The number of carbonyl (C=O) groups is 1. The smallest absolute Gasteiger partial charge is 0.306 e. The molecule has 0 saturated heterocycles. The van der Waals surface area contributed by atoms with Crippen molar-refractivity contribution in [2.75, 3.05) is 0 Å². The third-order valence-electron chi connectivity index (χ3n) is 3.95. The zero-order valence-electron chi connectivity index (χ0n) is 14.7. The average molecular weight is 549 g/mol. The molecule has 1 aromatic carbocycles. The van der Waals surface area contributed by atoms with Gasteiger partial charge in [0.1, 0.15) is 12.4 Å². The summed E-state index contributed by atoms with van der Waals surface area (Å²) >= 11 is 10.3. The van der Waals surface area contributed by atoms with Gasteiger partial charge in [-0.15, -0.1) is 0 Å². The maximum absolute atomic E-state index is 12.2. The van der Waals surface area contributed by atoms with Crippen LogP contribution < -0.4 is 0 Å². The van der Waals surface area contributed by atoms with Gasteiger partial charge in [0.15, 0.2) is 0 Å². The van der Waals surface area contributed by atoms with Crippen LogP contribution in [0.5, 0.6) is 0 Å². The lowest BCUT2D eigenvalue weighted by atomic mass is 9.86. The van der Waals surface area contributed by atoms with Crippen LogP contribution in [-0.2, 0) is 22.6 Å². The fraction of sp³-hybridized carbons (Fsp3) is 0.350. The first kappa shape index (κ1) is 21.5. The molecule has 0 radical (unpaired) electrons. The Morgan fingerprint density at radius 1 is 1.23 bits per heavy atom. The summed E-state index contributed by atoms with van der Waals surface area (Å²) in [7, 11) is 0. The number of allylic oxidation sites excluding steroid dienone is 1. The lowest BCUT2D eigenvalue weighted by molar-refractivity contribution is -0.147. The van der Waals surface area contributed by atoms with E-state index in [1.54, 1.807) is 6.26 Å². The fourth-order valence-electron chi connectivity index (χ4n) is 2.41. The Morgan fingerprint density at radius 3 is 2.58 bits per heavy atom. The number of ether oxygens (including phenoxy) is 1. The van der Waals surface area contributed by atoms with Gasteiger partial charge in [-0.2, -0.15) is 0 Å². The monoisotopic (exact) mass is 546 g/mol. The van der Waals surface area contributed by atoms with Gasteiger partial charge >= 0.3 is 5.97 Å². The second-order valence-corrected chi connectivity index (χ2v) is 10.5. The normalized spacial score (nSPS) is 12.5. The van der Waals surface area contributed by atoms with Crippen LogP contribution in [0.15, 0.2) is 56.5 Å². The highest BCUT2D eigenvalue weighted by atomic mass is 79.9. The molecule has 6 heteroatoms. The van der Waals surface area contributed by atoms with Gasteiger partial charge in [0.25, 0.3) is 0 Å². The van der Waals surface area contributed by atoms with Gasteiger partial charge in [-0.3, -0.25) is 4.79 Å². The van der Waals surface area contributed by atoms with Crippen LogP contribution in [0.25, 0.3) is 0 Å². The number of furan rings is 1. The molecule has 0 aliphatic carbocycles. The van der Waals surface area contributed by atoms with Crippen molar-refractivity contribution in [1.29, 1.82) is 0 Å². The third kappa shape index (κ3) is 7.05. The molecule has 1 aromatic heterocycles. The molecule has 0 fully saturated rings. The van der Waals surface area contributed by atoms with Gasteiger partial charge in [0.2, 0.25) is 0 Å². The summed E-state index contributed by atoms with van der Waals surface area (Å²) in [6.07, 6.45) is 4.64. The van der Waals surface area contributed by atoms with E-state index in [0.29, 0.717) is 6.42 Å². The molecule has 140 valence electrons. The number of benzene rings is 1. The number of hydrogen-bond donors (Lipinski definition) is 0. The first-order valence-corrected chi connectivity index (χ1v) is 10.7. The fourth-order valence-corrected chi connectivity index (χ4v) is 4.08. The molecule has 0 amide bonds. The molecule has 2 aromatic rings. The van der Waals surface area contributed by atoms with E-state index < -0.39 is 0 Å². The SMILES string of the molecule is CC(C)(CC(=O)OCc1coc(Cc2ccccc2)c1)C(Br)C=C(Br)Br. The van der Waals surface area contributed by atoms with Gasteiger partial charge in [0, 0.05) is 16.8 Å². The number of halogens is 3. The predicted octanol–water partition coefficient (Wildman–Crippen LogP) is 6.72. The number of hydrogen-bond acceptors (Lipinski definition) is 3. The molecule has 0 aliphatic heterocycles. The largest absolute Gasteiger partial charge is 0.469 e. The van der Waals surface area contributed by atoms with Crippen LogP contribution in [0.4, 0.5) is 0 Å². The highest BCUT2D eigenvalue weighted by Crippen LogP contribution is 2.34. The Hall–Kier alpha value is -0.850. The minimum Gasteiger partial charge on any atom is -0.469 e. The Labute approximate surface area is 179 Å². The quantitative estimate of drug-likeness (QED) is 0.271. The van der Waals surface area contributed by atoms with Crippen molar-refractivity contribution < 1.29 is 13.9 Å². The molecule has 0 aliphatic rings. The Balaban J connectivity index is 1.85. The van der Waals surface area contributed by atoms with Gasteiger partial charge in [-0.25, -0.2) is 0 Å². The van der Waals surface area contributed by atoms with Crippen molar-refractivity contribution in [2.45, 2.75) is 38.1 Å². The van der Waals surface area contributed by atoms with Crippen molar-refractivity contribution in [3.8, 4) is 0 Å². The van der Waals surface area contributed by atoms with E-state index in [1.807, 2.05) is 44.2 Å². The van der Waals surface area contributed by atoms with Crippen molar-refractivity contribution in [1.82, 2.24) is 0 Å². The Morgan fingerprint density at radius 2 is 1.92 bits per heavy atom. The molecular weight excluding hydrogens is 528 g/mol. The zero-order valence-corrected chi connectivity index (χ0v) is 19.4. The van der Waals surface area contributed by atoms with Crippen LogP contribution in [-0.4, -0.2) is 10.8 Å². The van der Waals surface area contributed by atoms with Crippen LogP contribution in [0, 0.1) is 5.41 Å². The molecule has 0 bridgehead atoms. The Kier molecular flexibility index (Phi) is 8.17. The molecule has 1 unspecified atom stereocenters. The summed E-state index contributed by atoms with van der Waals surface area (Å²) in [5.41, 5.74) is 1.76. The van der Waals surface area contributed by atoms with E-state index in [4.69, 9.17) is 9.15 Å². The summed E-state index contributed by atoms with van der Waals surface area (Å²) < 4.78 is 11.8. The maximum atomic E-state index is 12.2. The molecule has 2 rings (SSSR count). The van der Waals surface area contributed by atoms with E-state index in [9.17, 15) is 4.79 Å². The standard InChI is InChI=1S/C20H21Br3O3/c1-20(2,17(21)10-18(22)23)11-19(24)26-13-15-9-16(25-12-15)8-14-6-4-3-5-7-14/h3-7,9-10,12,17H,8,11,13H2,1-2H3. The number of carbonyl (C=O) groups excluding carboxylic acids is 1. The molecule has 0 N–H and O–H groups in total. The van der Waals surface area contributed by atoms with Crippen molar-refractivity contribution >= 4 is 53.8 Å². The van der Waals surface area contributed by atoms with Crippen molar-refractivity contribution in [3.63, 3.8) is 0 Å². The van der Waals surface area contributed by atoms with Gasteiger partial charge in [0.05, 0.1) is 16.1 Å². The molecule has 3 nitrogen and oxygen atoms in total. The lowest BCUT2D eigenvalue weighted by Gasteiger charge is -2.27. The molecule has 1 heterocycles. The number of alkyl halides is 1. The maximum Gasteiger partial charge on any atom is 0.306 e. The van der Waals surface area contributed by atoms with E-state index in [0.717, 1.165) is 21.1 Å². The predicted molar refractivity (Wildman–Crippen MR) is 115 cm³/mol. The molecule has 1 atom stereocenters. The van der Waals surface area contributed by atoms with E-state index >= 15 is 0 Å². The zero-order chi connectivity index (χ0) is 19.2. The Bertz CT molecular complexity index is 747. The van der Waals surface area contributed by atoms with E-state index in [-0.39, 0.29) is 22.8 Å². The van der Waals surface area contributed by atoms with Gasteiger partial charge in [-0.1, -0.05) is 60.1 Å². The van der Waals surface area contributed by atoms with Crippen molar-refractivity contribution in [3.05, 3.63) is 69.0 Å². The molecular formula is C20H21Br3O3. The van der Waals surface area contributed by atoms with E-state index in [1.165, 1.54) is 5.56 Å². The number of esters is 1. The van der Waals surface area contributed by atoms with Crippen LogP contribution >= 0.6 is 47.8 Å². The second kappa shape index (κ2) is 9.90. The van der Waals surface area contributed by atoms with Crippen molar-refractivity contribution in [2.24, 2.45) is 5.41 Å². The summed E-state index contributed by atoms with van der Waals surface area (Å²) in [6.45, 7) is 4.25. The topological polar surface area (TPSA) is 39.4 Å². The third-order valence-corrected chi connectivity index (χ3v) is 5.98. The minimum atomic E-state index is -0.279. The molecule has 0 saturated carbocycles. The van der Waals surface area contributed by atoms with Crippen LogP contribution in [0.3, 0.4) is 0 Å². The minimum absolute atomic E-state index is 0.0303. The summed E-state index contributed by atoms with van der Waals surface area (Å²) in [4.78, 5) is 12.2. The summed E-state index contributed by atoms with van der Waals surface area (Å²) in [5.74, 6) is 0.625. The van der Waals surface area contributed by atoms with Gasteiger partial charge in [-0.05, 0) is 55.0 Å². The lowest BCUT2D eigenvalue weighted by Crippen LogP contribution is -2.27. The average Bonchev–Trinajstić information content (AvgIpc) is 3.00. The second-order valence-electron chi connectivity index (χ2n) is 6.77. The van der Waals surface area contributed by atoms with E-state index in [2.05, 4.69) is 59.9 Å². The first-order chi connectivity index (χ1) is 12.3. The molecule has 26 heavy (non-hydrogen) atoms.